The van der Waals surface area contributed by atoms with Gasteiger partial charge >= 0.3 is 0 Å². The van der Waals surface area contributed by atoms with Crippen molar-refractivity contribution < 1.29 is 21.6 Å². The van der Waals surface area contributed by atoms with Crippen LogP contribution in [0.25, 0.3) is 0 Å². The van der Waals surface area contributed by atoms with Crippen molar-refractivity contribution in [1.29, 1.82) is 0 Å². The van der Waals surface area contributed by atoms with Gasteiger partial charge < -0.3 is 5.32 Å². The molecule has 0 radical (unpaired) electrons. The van der Waals surface area contributed by atoms with Crippen molar-refractivity contribution in [2.24, 2.45) is 0 Å². The number of halogens is 3. The van der Waals surface area contributed by atoms with Gasteiger partial charge in [-0.05, 0) is 25.0 Å². The SMILES string of the molecule is O=S(=O)(NCCNC1CC1)c1ccc(F)c(F)c1F. The minimum absolute atomic E-state index is 0.0528. The van der Waals surface area contributed by atoms with Gasteiger partial charge in [0.2, 0.25) is 10.0 Å². The lowest BCUT2D eigenvalue weighted by Crippen LogP contribution is -2.33. The van der Waals surface area contributed by atoms with Gasteiger partial charge in [0, 0.05) is 19.1 Å². The Hall–Kier alpha value is -1.12. The van der Waals surface area contributed by atoms with Gasteiger partial charge in [-0.15, -0.1) is 0 Å². The van der Waals surface area contributed by atoms with Crippen LogP contribution in [0.1, 0.15) is 12.8 Å². The van der Waals surface area contributed by atoms with Crippen LogP contribution < -0.4 is 10.0 Å². The third kappa shape index (κ3) is 3.46. The number of hydrogen-bond acceptors (Lipinski definition) is 3. The second kappa shape index (κ2) is 5.48. The molecule has 0 saturated heterocycles. The van der Waals surface area contributed by atoms with Crippen molar-refractivity contribution in [2.75, 3.05) is 13.1 Å². The number of rotatable bonds is 6. The first-order valence-electron chi connectivity index (χ1n) is 5.78. The molecule has 0 aromatic heterocycles. The molecule has 1 fully saturated rings. The van der Waals surface area contributed by atoms with Crippen molar-refractivity contribution in [3.05, 3.63) is 29.6 Å². The Balaban J connectivity index is 2.03. The standard InChI is InChI=1S/C11H13F3N2O2S/c12-8-3-4-9(11(14)10(8)13)19(17,18)16-6-5-15-7-1-2-7/h3-4,7,15-16H,1-2,5-6H2. The van der Waals surface area contributed by atoms with Gasteiger partial charge in [-0.1, -0.05) is 0 Å². The highest BCUT2D eigenvalue weighted by atomic mass is 32.2. The first-order chi connectivity index (χ1) is 8.92. The van der Waals surface area contributed by atoms with Crippen LogP contribution in [-0.4, -0.2) is 27.5 Å². The summed E-state index contributed by atoms with van der Waals surface area (Å²) < 4.78 is 64.6. The van der Waals surface area contributed by atoms with E-state index in [-0.39, 0.29) is 6.54 Å². The van der Waals surface area contributed by atoms with Crippen molar-refractivity contribution in [3.8, 4) is 0 Å². The van der Waals surface area contributed by atoms with Gasteiger partial charge in [-0.25, -0.2) is 26.3 Å². The highest BCUT2D eigenvalue weighted by molar-refractivity contribution is 7.89. The lowest BCUT2D eigenvalue weighted by atomic mass is 10.3. The summed E-state index contributed by atoms with van der Waals surface area (Å²) in [4.78, 5) is -0.891. The number of hydrogen-bond donors (Lipinski definition) is 2. The topological polar surface area (TPSA) is 58.2 Å². The zero-order chi connectivity index (χ0) is 14.0. The molecule has 2 N–H and O–H groups in total. The van der Waals surface area contributed by atoms with Crippen molar-refractivity contribution in [2.45, 2.75) is 23.8 Å². The molecule has 106 valence electrons. The molecule has 0 unspecified atom stereocenters. The van der Waals surface area contributed by atoms with Crippen LogP contribution in [0.5, 0.6) is 0 Å². The van der Waals surface area contributed by atoms with E-state index >= 15 is 0 Å². The van der Waals surface area contributed by atoms with E-state index < -0.39 is 32.4 Å². The molecule has 0 aliphatic heterocycles. The number of benzene rings is 1. The molecule has 0 atom stereocenters. The Kier molecular flexibility index (Phi) is 4.12. The summed E-state index contributed by atoms with van der Waals surface area (Å²) in [6, 6.07) is 1.70. The predicted molar refractivity (Wildman–Crippen MR) is 62.5 cm³/mol. The average molecular weight is 294 g/mol. The van der Waals surface area contributed by atoms with E-state index in [2.05, 4.69) is 10.0 Å². The molecule has 1 aliphatic carbocycles. The largest absolute Gasteiger partial charge is 0.313 e. The molecule has 0 heterocycles. The molecule has 0 bridgehead atoms. The quantitative estimate of drug-likeness (QED) is 0.611. The third-order valence-electron chi connectivity index (χ3n) is 2.72. The van der Waals surface area contributed by atoms with E-state index in [1.807, 2.05) is 0 Å². The summed E-state index contributed by atoms with van der Waals surface area (Å²) in [6.07, 6.45) is 2.12. The summed E-state index contributed by atoms with van der Waals surface area (Å²) in [5, 5.41) is 3.06. The van der Waals surface area contributed by atoms with E-state index in [9.17, 15) is 21.6 Å². The van der Waals surface area contributed by atoms with Crippen molar-refractivity contribution >= 4 is 10.0 Å². The summed E-state index contributed by atoms with van der Waals surface area (Å²) in [7, 11) is -4.18. The maximum Gasteiger partial charge on any atom is 0.243 e. The lowest BCUT2D eigenvalue weighted by Gasteiger charge is -2.08. The van der Waals surface area contributed by atoms with Gasteiger partial charge in [0.15, 0.2) is 17.5 Å². The van der Waals surface area contributed by atoms with Gasteiger partial charge in [0.05, 0.1) is 0 Å². The molecule has 8 heteroatoms. The molecule has 0 amide bonds. The van der Waals surface area contributed by atoms with Crippen LogP contribution >= 0.6 is 0 Å². The first-order valence-corrected chi connectivity index (χ1v) is 7.26. The van der Waals surface area contributed by atoms with Crippen LogP contribution in [0.4, 0.5) is 13.2 Å². The molecule has 4 nitrogen and oxygen atoms in total. The van der Waals surface area contributed by atoms with Crippen LogP contribution in [0, 0.1) is 17.5 Å². The van der Waals surface area contributed by atoms with Gasteiger partial charge in [-0.3, -0.25) is 0 Å². The summed E-state index contributed by atoms with van der Waals surface area (Å²) in [5.41, 5.74) is 0. The van der Waals surface area contributed by atoms with Crippen LogP contribution in [0.15, 0.2) is 17.0 Å². The van der Waals surface area contributed by atoms with E-state index in [1.165, 1.54) is 0 Å². The summed E-state index contributed by atoms with van der Waals surface area (Å²) in [5.74, 6) is -4.92. The first kappa shape index (κ1) is 14.3. The zero-order valence-corrected chi connectivity index (χ0v) is 10.7. The molecule has 0 spiro atoms. The summed E-state index contributed by atoms with van der Waals surface area (Å²) in [6.45, 7) is 0.451. The minimum atomic E-state index is -4.18. The smallest absolute Gasteiger partial charge is 0.243 e. The highest BCUT2D eigenvalue weighted by Crippen LogP contribution is 2.19. The zero-order valence-electron chi connectivity index (χ0n) is 9.92. The average Bonchev–Trinajstić information content (AvgIpc) is 3.15. The third-order valence-corrected chi connectivity index (χ3v) is 4.20. The molecular weight excluding hydrogens is 281 g/mol. The molecule has 1 saturated carbocycles. The Morgan fingerprint density at radius 3 is 2.42 bits per heavy atom. The van der Waals surface area contributed by atoms with E-state index in [1.54, 1.807) is 0 Å². The second-order valence-electron chi connectivity index (χ2n) is 4.30. The maximum absolute atomic E-state index is 13.4. The Labute approximate surface area is 109 Å². The molecule has 19 heavy (non-hydrogen) atoms. The Bertz CT molecular complexity index is 574. The molecule has 1 aliphatic rings. The Morgan fingerprint density at radius 2 is 1.79 bits per heavy atom. The molecule has 2 rings (SSSR count). The van der Waals surface area contributed by atoms with Crippen LogP contribution in [-0.2, 0) is 10.0 Å². The van der Waals surface area contributed by atoms with Crippen LogP contribution in [0.3, 0.4) is 0 Å². The molecule has 1 aromatic carbocycles. The van der Waals surface area contributed by atoms with E-state index in [4.69, 9.17) is 0 Å². The predicted octanol–water partition coefficient (Wildman–Crippen LogP) is 1.13. The minimum Gasteiger partial charge on any atom is -0.313 e. The van der Waals surface area contributed by atoms with Crippen molar-refractivity contribution in [1.82, 2.24) is 10.0 Å². The highest BCUT2D eigenvalue weighted by Gasteiger charge is 2.24. The lowest BCUT2D eigenvalue weighted by molar-refractivity contribution is 0.431. The normalized spacial score (nSPS) is 15.7. The number of nitrogens with one attached hydrogen (secondary N) is 2. The molecule has 1 aromatic rings. The maximum atomic E-state index is 13.4. The fraction of sp³-hybridized carbons (Fsp3) is 0.455. The fourth-order valence-corrected chi connectivity index (χ4v) is 2.64. The van der Waals surface area contributed by atoms with E-state index in [0.29, 0.717) is 24.7 Å². The second-order valence-corrected chi connectivity index (χ2v) is 6.04. The van der Waals surface area contributed by atoms with Gasteiger partial charge in [0.25, 0.3) is 0 Å². The summed E-state index contributed by atoms with van der Waals surface area (Å²) >= 11 is 0. The monoisotopic (exact) mass is 294 g/mol. The van der Waals surface area contributed by atoms with Crippen molar-refractivity contribution in [3.63, 3.8) is 0 Å². The van der Waals surface area contributed by atoms with E-state index in [0.717, 1.165) is 12.8 Å². The Morgan fingerprint density at radius 1 is 1.11 bits per heavy atom. The fourth-order valence-electron chi connectivity index (χ4n) is 1.54. The van der Waals surface area contributed by atoms with Crippen LogP contribution in [0.2, 0.25) is 0 Å². The number of sulfonamides is 1. The molecular formula is C11H13F3N2O2S. The van der Waals surface area contributed by atoms with Gasteiger partial charge in [-0.2, -0.15) is 0 Å². The van der Waals surface area contributed by atoms with Gasteiger partial charge in [0.1, 0.15) is 4.90 Å².